The predicted octanol–water partition coefficient (Wildman–Crippen LogP) is 3.39. The number of hydrogen-bond donors (Lipinski definition) is 2. The molecule has 8 nitrogen and oxygen atoms in total. The number of nitriles is 1. The second kappa shape index (κ2) is 9.22. The van der Waals surface area contributed by atoms with Crippen molar-refractivity contribution >= 4 is 28.9 Å². The van der Waals surface area contributed by atoms with Gasteiger partial charge in [0.15, 0.2) is 0 Å². The second-order valence-corrected chi connectivity index (χ2v) is 5.64. The van der Waals surface area contributed by atoms with E-state index in [0.717, 1.165) is 6.20 Å². The Hall–Kier alpha value is -3.57. The van der Waals surface area contributed by atoms with Gasteiger partial charge in [-0.15, -0.1) is 0 Å². The number of hydrogen-bond acceptors (Lipinski definition) is 6. The van der Waals surface area contributed by atoms with Crippen molar-refractivity contribution in [1.82, 2.24) is 5.32 Å². The first-order valence-electron chi connectivity index (χ1n) is 7.67. The van der Waals surface area contributed by atoms with Crippen molar-refractivity contribution in [1.29, 1.82) is 5.26 Å². The molecule has 2 aromatic rings. The second-order valence-electron chi connectivity index (χ2n) is 5.23. The molecule has 0 aliphatic carbocycles. The summed E-state index contributed by atoms with van der Waals surface area (Å²) >= 11 is 6.02. The molecule has 0 saturated carbocycles. The molecule has 0 fully saturated rings. The van der Waals surface area contributed by atoms with Crippen molar-refractivity contribution in [3.05, 3.63) is 74.9 Å². The van der Waals surface area contributed by atoms with Crippen molar-refractivity contribution in [2.75, 3.05) is 12.4 Å². The molecule has 0 bridgehead atoms. The van der Waals surface area contributed by atoms with Gasteiger partial charge in [0, 0.05) is 29.9 Å². The minimum Gasteiger partial charge on any atom is -0.495 e. The molecule has 2 rings (SSSR count). The molecular weight excluding hydrogens is 372 g/mol. The van der Waals surface area contributed by atoms with Crippen molar-refractivity contribution in [3.63, 3.8) is 0 Å². The van der Waals surface area contributed by atoms with E-state index in [9.17, 15) is 20.2 Å². The van der Waals surface area contributed by atoms with E-state index in [-0.39, 0.29) is 23.5 Å². The van der Waals surface area contributed by atoms with Crippen LogP contribution in [0.1, 0.15) is 5.56 Å². The van der Waals surface area contributed by atoms with E-state index in [1.54, 1.807) is 30.3 Å². The summed E-state index contributed by atoms with van der Waals surface area (Å²) in [6, 6.07) is 12.7. The van der Waals surface area contributed by atoms with Gasteiger partial charge in [-0.1, -0.05) is 29.8 Å². The number of benzene rings is 2. The highest BCUT2D eigenvalue weighted by Crippen LogP contribution is 2.29. The summed E-state index contributed by atoms with van der Waals surface area (Å²) in [5, 5.41) is 25.9. The molecule has 0 spiro atoms. The molecule has 9 heteroatoms. The average molecular weight is 387 g/mol. The Kier molecular flexibility index (Phi) is 6.74. The molecule has 0 atom stereocenters. The Morgan fingerprint density at radius 3 is 2.74 bits per heavy atom. The summed E-state index contributed by atoms with van der Waals surface area (Å²) < 4.78 is 5.11. The van der Waals surface area contributed by atoms with E-state index in [1.165, 1.54) is 25.3 Å². The minimum atomic E-state index is -0.616. The van der Waals surface area contributed by atoms with Gasteiger partial charge in [0.25, 0.3) is 11.6 Å². The predicted molar refractivity (Wildman–Crippen MR) is 100 cm³/mol. The smallest absolute Gasteiger partial charge is 0.271 e. The highest BCUT2D eigenvalue weighted by Gasteiger charge is 2.13. The molecule has 0 aliphatic heterocycles. The van der Waals surface area contributed by atoms with Crippen LogP contribution >= 0.6 is 11.6 Å². The number of nitro benzene ring substituents is 1. The van der Waals surface area contributed by atoms with E-state index in [1.807, 2.05) is 0 Å². The normalized spacial score (nSPS) is 10.6. The van der Waals surface area contributed by atoms with Crippen molar-refractivity contribution in [2.24, 2.45) is 0 Å². The van der Waals surface area contributed by atoms with Crippen LogP contribution in [0.5, 0.6) is 5.75 Å². The molecule has 27 heavy (non-hydrogen) atoms. The molecule has 2 N–H and O–H groups in total. The van der Waals surface area contributed by atoms with Crippen LogP contribution in [-0.4, -0.2) is 17.9 Å². The fourth-order valence-electron chi connectivity index (χ4n) is 2.13. The van der Waals surface area contributed by atoms with Crippen molar-refractivity contribution < 1.29 is 14.5 Å². The molecular formula is C18H15ClN4O4. The summed E-state index contributed by atoms with van der Waals surface area (Å²) in [6.07, 6.45) is 1.16. The molecule has 0 saturated heterocycles. The lowest BCUT2D eigenvalue weighted by atomic mass is 10.2. The Labute approximate surface area is 160 Å². The first kappa shape index (κ1) is 19.8. The van der Waals surface area contributed by atoms with E-state index in [4.69, 9.17) is 16.3 Å². The maximum Gasteiger partial charge on any atom is 0.271 e. The van der Waals surface area contributed by atoms with Crippen LogP contribution in [0.15, 0.2) is 54.2 Å². The van der Waals surface area contributed by atoms with E-state index in [0.29, 0.717) is 16.3 Å². The topological polar surface area (TPSA) is 117 Å². The number of nitrogens with one attached hydrogen (secondary N) is 2. The monoisotopic (exact) mass is 386 g/mol. The zero-order valence-electron chi connectivity index (χ0n) is 14.2. The minimum absolute atomic E-state index is 0.150. The number of amides is 1. The number of methoxy groups -OCH3 is 1. The van der Waals surface area contributed by atoms with Gasteiger partial charge in [0.1, 0.15) is 17.4 Å². The van der Waals surface area contributed by atoms with Crippen LogP contribution in [0.4, 0.5) is 11.4 Å². The molecule has 1 amide bonds. The summed E-state index contributed by atoms with van der Waals surface area (Å²) in [6.45, 7) is 0.150. The molecule has 2 aromatic carbocycles. The number of nitrogens with zero attached hydrogens (tertiary/aromatic N) is 2. The van der Waals surface area contributed by atoms with E-state index in [2.05, 4.69) is 10.6 Å². The quantitative estimate of drug-likeness (QED) is 0.326. The standard InChI is InChI=1S/C18H15ClN4O4/c1-27-17-7-6-14(23(25)26)8-16(17)21-11-13(9-20)18(24)22-10-12-4-2-3-5-15(12)19/h2-8,11,21H,10H2,1H3,(H,22,24)/b13-11-. The number of nitro groups is 1. The van der Waals surface area contributed by atoms with Gasteiger partial charge in [0.05, 0.1) is 17.7 Å². The molecule has 0 radical (unpaired) electrons. The van der Waals surface area contributed by atoms with Crippen LogP contribution < -0.4 is 15.4 Å². The van der Waals surface area contributed by atoms with Gasteiger partial charge in [-0.2, -0.15) is 5.26 Å². The first-order valence-corrected chi connectivity index (χ1v) is 8.05. The SMILES string of the molecule is COc1ccc([N+](=O)[O-])cc1N/C=C(/C#N)C(=O)NCc1ccccc1Cl. The van der Waals surface area contributed by atoms with Crippen molar-refractivity contribution in [2.45, 2.75) is 6.54 Å². The number of ether oxygens (including phenoxy) is 1. The molecule has 0 heterocycles. The highest BCUT2D eigenvalue weighted by atomic mass is 35.5. The summed E-state index contributed by atoms with van der Waals surface area (Å²) in [4.78, 5) is 22.5. The largest absolute Gasteiger partial charge is 0.495 e. The number of carbonyl (C=O) groups excluding carboxylic acids is 1. The number of anilines is 1. The van der Waals surface area contributed by atoms with Gasteiger partial charge in [-0.25, -0.2) is 0 Å². The lowest BCUT2D eigenvalue weighted by Gasteiger charge is -2.09. The third-order valence-corrected chi connectivity index (χ3v) is 3.90. The molecule has 138 valence electrons. The summed E-state index contributed by atoms with van der Waals surface area (Å²) in [5.74, 6) is -0.292. The fourth-order valence-corrected chi connectivity index (χ4v) is 2.34. The maximum atomic E-state index is 12.2. The lowest BCUT2D eigenvalue weighted by molar-refractivity contribution is -0.384. The van der Waals surface area contributed by atoms with Crippen molar-refractivity contribution in [3.8, 4) is 11.8 Å². The first-order chi connectivity index (χ1) is 13.0. The van der Waals surface area contributed by atoms with E-state index < -0.39 is 10.8 Å². The third-order valence-electron chi connectivity index (χ3n) is 3.53. The van der Waals surface area contributed by atoms with E-state index >= 15 is 0 Å². The van der Waals surface area contributed by atoms with Gasteiger partial charge >= 0.3 is 0 Å². The third kappa shape index (κ3) is 5.20. The summed E-state index contributed by atoms with van der Waals surface area (Å²) in [7, 11) is 1.40. The maximum absolute atomic E-state index is 12.2. The Bertz CT molecular complexity index is 937. The number of rotatable bonds is 7. The number of non-ortho nitro benzene ring substituents is 1. The van der Waals surface area contributed by atoms with Crippen LogP contribution in [0, 0.1) is 21.4 Å². The average Bonchev–Trinajstić information content (AvgIpc) is 2.67. The van der Waals surface area contributed by atoms with Crippen LogP contribution in [0.3, 0.4) is 0 Å². The Balaban J connectivity index is 2.13. The summed E-state index contributed by atoms with van der Waals surface area (Å²) in [5.41, 5.74) is 0.584. The van der Waals surface area contributed by atoms with Gasteiger partial charge in [-0.3, -0.25) is 14.9 Å². The number of carbonyl (C=O) groups is 1. The van der Waals surface area contributed by atoms with Gasteiger partial charge in [-0.05, 0) is 17.7 Å². The zero-order valence-corrected chi connectivity index (χ0v) is 15.0. The molecule has 0 aliphatic rings. The highest BCUT2D eigenvalue weighted by molar-refractivity contribution is 6.31. The van der Waals surface area contributed by atoms with Crippen LogP contribution in [0.2, 0.25) is 5.02 Å². The molecule has 0 unspecified atom stereocenters. The zero-order chi connectivity index (χ0) is 19.8. The Morgan fingerprint density at radius 1 is 1.37 bits per heavy atom. The fraction of sp³-hybridized carbons (Fsp3) is 0.111. The number of halogens is 1. The van der Waals surface area contributed by atoms with Gasteiger partial charge in [0.2, 0.25) is 0 Å². The lowest BCUT2D eigenvalue weighted by Crippen LogP contribution is -2.24. The Morgan fingerprint density at radius 2 is 2.11 bits per heavy atom. The molecule has 0 aromatic heterocycles. The van der Waals surface area contributed by atoms with Crippen LogP contribution in [-0.2, 0) is 11.3 Å². The van der Waals surface area contributed by atoms with Crippen LogP contribution in [0.25, 0.3) is 0 Å². The van der Waals surface area contributed by atoms with Gasteiger partial charge < -0.3 is 15.4 Å².